The zero-order valence-corrected chi connectivity index (χ0v) is 37.0. The van der Waals surface area contributed by atoms with Crippen molar-refractivity contribution in [2.45, 2.75) is 200 Å². The molecule has 0 aliphatic carbocycles. The monoisotopic (exact) mass is 773 g/mol. The summed E-state index contributed by atoms with van der Waals surface area (Å²) in [6, 6.07) is 0.272. The maximum absolute atomic E-state index is 6.17. The Kier molecular flexibility index (Phi) is 49.6. The lowest BCUT2D eigenvalue weighted by molar-refractivity contribution is 0.0528. The van der Waals surface area contributed by atoms with Gasteiger partial charge in [0.1, 0.15) is 0 Å². The highest BCUT2D eigenvalue weighted by Crippen LogP contribution is 2.10. The van der Waals surface area contributed by atoms with Crippen LogP contribution >= 0.6 is 0 Å². The van der Waals surface area contributed by atoms with Crippen LogP contribution in [0.2, 0.25) is 0 Å². The van der Waals surface area contributed by atoms with E-state index in [9.17, 15) is 0 Å². The summed E-state index contributed by atoms with van der Waals surface area (Å²) >= 11 is 0. The van der Waals surface area contributed by atoms with Crippen LogP contribution in [0.5, 0.6) is 0 Å². The van der Waals surface area contributed by atoms with Gasteiger partial charge in [-0.2, -0.15) is 0 Å². The lowest BCUT2D eigenvalue weighted by Crippen LogP contribution is -2.39. The lowest BCUT2D eigenvalue weighted by atomic mass is 10.1. The Morgan fingerprint density at radius 3 is 1.22 bits per heavy atom. The molecule has 0 saturated heterocycles. The Balaban J connectivity index is 4.01. The van der Waals surface area contributed by atoms with E-state index in [4.69, 9.17) is 15.2 Å². The van der Waals surface area contributed by atoms with Crippen molar-refractivity contribution in [3.05, 3.63) is 48.6 Å². The highest BCUT2D eigenvalue weighted by atomic mass is 16.5. The van der Waals surface area contributed by atoms with Crippen LogP contribution in [-0.4, -0.2) is 71.7 Å². The van der Waals surface area contributed by atoms with E-state index in [0.29, 0.717) is 0 Å². The zero-order valence-electron chi connectivity index (χ0n) is 37.0. The molecular formula is C49H96N4O2. The number of allylic oxidation sites excluding steroid dienone is 8. The standard InChI is InChI=1S/C49H96N4O2/c1-3-5-7-9-11-13-15-17-19-21-23-25-27-29-31-35-45-54-47-49(53-44-38-43-52-41-34-33-40-51-42-37-39-50)48-55-46-36-32-30-28-26-24-22-20-18-16-14-12-10-8-6-4-2/h11-14,17-20,49,51-53H,3-10,15-16,21-48,50H2,1-2H3. The maximum Gasteiger partial charge on any atom is 0.0642 e. The summed E-state index contributed by atoms with van der Waals surface area (Å²) in [5.74, 6) is 0. The van der Waals surface area contributed by atoms with Crippen molar-refractivity contribution in [1.29, 1.82) is 0 Å². The fourth-order valence-corrected chi connectivity index (χ4v) is 6.50. The molecule has 0 rings (SSSR count). The van der Waals surface area contributed by atoms with Gasteiger partial charge in [-0.1, -0.05) is 140 Å². The summed E-state index contributed by atoms with van der Waals surface area (Å²) in [4.78, 5) is 0. The molecule has 0 aliphatic heterocycles. The molecule has 0 saturated carbocycles. The second-order valence-corrected chi connectivity index (χ2v) is 15.7. The number of hydrogen-bond acceptors (Lipinski definition) is 6. The van der Waals surface area contributed by atoms with Gasteiger partial charge in [-0.25, -0.2) is 0 Å². The fourth-order valence-electron chi connectivity index (χ4n) is 6.50. The molecule has 6 nitrogen and oxygen atoms in total. The van der Waals surface area contributed by atoms with E-state index in [2.05, 4.69) is 78.4 Å². The minimum atomic E-state index is 0.272. The van der Waals surface area contributed by atoms with Crippen molar-refractivity contribution in [2.75, 3.05) is 65.7 Å². The number of hydrogen-bond donors (Lipinski definition) is 4. The van der Waals surface area contributed by atoms with Crippen LogP contribution in [0.3, 0.4) is 0 Å². The number of rotatable bonds is 47. The maximum atomic E-state index is 6.17. The average Bonchev–Trinajstić information content (AvgIpc) is 3.20. The predicted octanol–water partition coefficient (Wildman–Crippen LogP) is 12.3. The van der Waals surface area contributed by atoms with Crippen molar-refractivity contribution in [2.24, 2.45) is 5.73 Å². The number of unbranched alkanes of at least 4 members (excludes halogenated alkanes) is 19. The molecule has 0 aromatic rings. The molecule has 0 aromatic carbocycles. The van der Waals surface area contributed by atoms with Gasteiger partial charge in [0, 0.05) is 13.2 Å². The van der Waals surface area contributed by atoms with Crippen LogP contribution in [0, 0.1) is 0 Å². The molecule has 0 aromatic heterocycles. The minimum absolute atomic E-state index is 0.272. The third kappa shape index (κ3) is 48.8. The fraction of sp³-hybridized carbons (Fsp3) is 0.837. The van der Waals surface area contributed by atoms with Gasteiger partial charge in [0.25, 0.3) is 0 Å². The largest absolute Gasteiger partial charge is 0.380 e. The van der Waals surface area contributed by atoms with Crippen LogP contribution in [0.1, 0.15) is 194 Å². The van der Waals surface area contributed by atoms with E-state index in [0.717, 1.165) is 104 Å². The van der Waals surface area contributed by atoms with Gasteiger partial charge >= 0.3 is 0 Å². The first-order valence-corrected chi connectivity index (χ1v) is 23.9. The van der Waals surface area contributed by atoms with Gasteiger partial charge in [-0.05, 0) is 142 Å². The Bertz CT molecular complexity index is 763. The third-order valence-corrected chi connectivity index (χ3v) is 10.1. The molecule has 0 spiro atoms. The molecule has 0 unspecified atom stereocenters. The minimum Gasteiger partial charge on any atom is -0.380 e. The molecule has 6 heteroatoms. The van der Waals surface area contributed by atoms with Gasteiger partial charge < -0.3 is 31.2 Å². The number of nitrogens with two attached hydrogens (primary N) is 1. The molecule has 0 bridgehead atoms. The summed E-state index contributed by atoms with van der Waals surface area (Å²) in [5.41, 5.74) is 5.56. The molecule has 55 heavy (non-hydrogen) atoms. The second kappa shape index (κ2) is 50.7. The Morgan fingerprint density at radius 1 is 0.400 bits per heavy atom. The van der Waals surface area contributed by atoms with Crippen molar-refractivity contribution in [3.8, 4) is 0 Å². The normalized spacial score (nSPS) is 12.9. The summed E-state index contributed by atoms with van der Waals surface area (Å²) in [6.45, 7) is 13.8. The van der Waals surface area contributed by atoms with Gasteiger partial charge in [0.05, 0.1) is 19.3 Å². The van der Waals surface area contributed by atoms with Crippen molar-refractivity contribution >= 4 is 0 Å². The molecule has 0 fully saturated rings. The molecule has 0 heterocycles. The topological polar surface area (TPSA) is 80.6 Å². The van der Waals surface area contributed by atoms with E-state index in [1.807, 2.05) is 0 Å². The first-order valence-electron chi connectivity index (χ1n) is 23.9. The van der Waals surface area contributed by atoms with Gasteiger partial charge in [-0.15, -0.1) is 0 Å². The van der Waals surface area contributed by atoms with E-state index in [-0.39, 0.29) is 6.04 Å². The quantitative estimate of drug-likeness (QED) is 0.0364. The zero-order chi connectivity index (χ0) is 39.6. The number of nitrogens with one attached hydrogen (secondary N) is 3. The lowest BCUT2D eigenvalue weighted by Gasteiger charge is -2.19. The molecule has 0 aliphatic rings. The van der Waals surface area contributed by atoms with Crippen LogP contribution in [0.25, 0.3) is 0 Å². The van der Waals surface area contributed by atoms with Gasteiger partial charge in [0.15, 0.2) is 0 Å². The summed E-state index contributed by atoms with van der Waals surface area (Å²) in [7, 11) is 0. The molecule has 324 valence electrons. The van der Waals surface area contributed by atoms with E-state index >= 15 is 0 Å². The Hall–Kier alpha value is -1.28. The Labute approximate surface area is 344 Å². The van der Waals surface area contributed by atoms with Gasteiger partial charge in [0.2, 0.25) is 0 Å². The van der Waals surface area contributed by atoms with E-state index in [1.54, 1.807) is 0 Å². The van der Waals surface area contributed by atoms with Crippen molar-refractivity contribution < 1.29 is 9.47 Å². The summed E-state index contributed by atoms with van der Waals surface area (Å²) in [5, 5.41) is 10.8. The van der Waals surface area contributed by atoms with E-state index < -0.39 is 0 Å². The van der Waals surface area contributed by atoms with Crippen molar-refractivity contribution in [1.82, 2.24) is 16.0 Å². The predicted molar refractivity (Wildman–Crippen MR) is 245 cm³/mol. The third-order valence-electron chi connectivity index (χ3n) is 10.1. The molecular weight excluding hydrogens is 677 g/mol. The van der Waals surface area contributed by atoms with Crippen LogP contribution < -0.4 is 21.7 Å². The smallest absolute Gasteiger partial charge is 0.0642 e. The van der Waals surface area contributed by atoms with E-state index in [1.165, 1.54) is 141 Å². The molecule has 0 radical (unpaired) electrons. The van der Waals surface area contributed by atoms with Crippen LogP contribution in [0.4, 0.5) is 0 Å². The highest BCUT2D eigenvalue weighted by Gasteiger charge is 2.09. The average molecular weight is 773 g/mol. The van der Waals surface area contributed by atoms with Gasteiger partial charge in [-0.3, -0.25) is 0 Å². The van der Waals surface area contributed by atoms with Crippen LogP contribution in [0.15, 0.2) is 48.6 Å². The second-order valence-electron chi connectivity index (χ2n) is 15.7. The first-order chi connectivity index (χ1) is 27.3. The first kappa shape index (κ1) is 53.7. The summed E-state index contributed by atoms with van der Waals surface area (Å²) < 4.78 is 12.3. The Morgan fingerprint density at radius 2 is 0.782 bits per heavy atom. The SMILES string of the molecule is CCCCCC=CCC=CCCCCCCCCOCC(COCCCCCCCCC=CCC=CCCCCC)NCCCNCCCCNCCCN. The molecule has 0 amide bonds. The van der Waals surface area contributed by atoms with Crippen molar-refractivity contribution in [3.63, 3.8) is 0 Å². The molecule has 0 atom stereocenters. The van der Waals surface area contributed by atoms with Crippen LogP contribution in [-0.2, 0) is 9.47 Å². The number of ether oxygens (including phenoxy) is 2. The summed E-state index contributed by atoms with van der Waals surface area (Å²) in [6.07, 6.45) is 54.1. The molecule has 5 N–H and O–H groups in total. The highest BCUT2D eigenvalue weighted by molar-refractivity contribution is 4.93.